The number of aryl methyl sites for hydroxylation is 1. The van der Waals surface area contributed by atoms with Gasteiger partial charge in [0.05, 0.1) is 6.04 Å². The lowest BCUT2D eigenvalue weighted by molar-refractivity contribution is -0.123. The average molecular weight is 277 g/mol. The maximum absolute atomic E-state index is 11.9. The minimum Gasteiger partial charge on any atom is -0.326 e. The molecule has 4 N–H and O–H groups in total. The summed E-state index contributed by atoms with van der Waals surface area (Å²) in [6, 6.07) is 4.80. The van der Waals surface area contributed by atoms with Gasteiger partial charge in [-0.2, -0.15) is 0 Å². The predicted octanol–water partition coefficient (Wildman–Crippen LogP) is 2.27. The van der Waals surface area contributed by atoms with Crippen LogP contribution in [0.3, 0.4) is 0 Å². The van der Waals surface area contributed by atoms with Crippen molar-refractivity contribution < 1.29 is 9.59 Å². The maximum atomic E-state index is 11.9. The summed E-state index contributed by atoms with van der Waals surface area (Å²) in [4.78, 5) is 23.6. The molecule has 0 bridgehead atoms. The smallest absolute Gasteiger partial charge is 0.241 e. The number of carbonyl (C=O) groups excluding carboxylic acids is 2. The van der Waals surface area contributed by atoms with Crippen molar-refractivity contribution in [2.45, 2.75) is 40.7 Å². The Kier molecular flexibility index (Phi) is 4.89. The normalized spacial score (nSPS) is 12.7. The summed E-state index contributed by atoms with van der Waals surface area (Å²) >= 11 is 0. The Balaban J connectivity index is 2.92. The highest BCUT2D eigenvalue weighted by atomic mass is 16.2. The fourth-order valence-corrected chi connectivity index (χ4v) is 1.40. The van der Waals surface area contributed by atoms with Crippen molar-refractivity contribution in [2.75, 3.05) is 10.6 Å². The highest BCUT2D eigenvalue weighted by molar-refractivity contribution is 5.98. The first-order valence-electron chi connectivity index (χ1n) is 6.60. The summed E-state index contributed by atoms with van der Waals surface area (Å²) < 4.78 is 0. The van der Waals surface area contributed by atoms with Crippen molar-refractivity contribution in [3.63, 3.8) is 0 Å². The summed E-state index contributed by atoms with van der Waals surface area (Å²) in [5.41, 5.74) is 7.27. The third kappa shape index (κ3) is 4.35. The van der Waals surface area contributed by atoms with Gasteiger partial charge in [-0.1, -0.05) is 26.8 Å². The van der Waals surface area contributed by atoms with E-state index >= 15 is 0 Å². The molecule has 0 aliphatic rings. The minimum atomic E-state index is -0.581. The Morgan fingerprint density at radius 2 is 1.80 bits per heavy atom. The highest BCUT2D eigenvalue weighted by Crippen LogP contribution is 2.23. The van der Waals surface area contributed by atoms with E-state index in [1.807, 2.05) is 33.8 Å². The lowest BCUT2D eigenvalue weighted by Gasteiger charge is -2.18. The topological polar surface area (TPSA) is 84.2 Å². The van der Waals surface area contributed by atoms with Crippen LogP contribution in [0.2, 0.25) is 0 Å². The number of nitrogens with two attached hydrogens (primary N) is 1. The Hall–Kier alpha value is -1.88. The standard InChI is InChI=1S/C15H23N3O2/c1-9-6-7-11(17-14(20)15(3,4)5)8-12(9)18-13(19)10(2)16/h6-8,10H,16H2,1-5H3,(H,17,20)(H,18,19)/t10-/m1/s1. The van der Waals surface area contributed by atoms with Gasteiger partial charge in [0, 0.05) is 16.8 Å². The Bertz CT molecular complexity index is 516. The molecule has 1 aromatic carbocycles. The third-order valence-corrected chi connectivity index (χ3v) is 2.85. The molecule has 1 rings (SSSR count). The van der Waals surface area contributed by atoms with Crippen LogP contribution in [0.4, 0.5) is 11.4 Å². The summed E-state index contributed by atoms with van der Waals surface area (Å²) in [7, 11) is 0. The molecule has 0 unspecified atom stereocenters. The molecule has 20 heavy (non-hydrogen) atoms. The lowest BCUT2D eigenvalue weighted by Crippen LogP contribution is -2.32. The molecule has 0 fully saturated rings. The van der Waals surface area contributed by atoms with Crippen LogP contribution in [0.1, 0.15) is 33.3 Å². The van der Waals surface area contributed by atoms with E-state index in [1.54, 1.807) is 19.1 Å². The molecule has 5 nitrogen and oxygen atoms in total. The second kappa shape index (κ2) is 6.05. The van der Waals surface area contributed by atoms with Gasteiger partial charge in [0.2, 0.25) is 11.8 Å². The van der Waals surface area contributed by atoms with E-state index in [-0.39, 0.29) is 11.8 Å². The fraction of sp³-hybridized carbons (Fsp3) is 0.467. The summed E-state index contributed by atoms with van der Waals surface area (Å²) in [5, 5.41) is 5.58. The second-order valence-electron chi connectivity index (χ2n) is 6.01. The van der Waals surface area contributed by atoms with Crippen LogP contribution in [0.15, 0.2) is 18.2 Å². The van der Waals surface area contributed by atoms with Crippen molar-refractivity contribution in [2.24, 2.45) is 11.1 Å². The molecule has 0 spiro atoms. The minimum absolute atomic E-state index is 0.0779. The molecule has 0 saturated carbocycles. The molecule has 0 aliphatic heterocycles. The van der Waals surface area contributed by atoms with Gasteiger partial charge in [-0.3, -0.25) is 9.59 Å². The van der Waals surface area contributed by atoms with Crippen molar-refractivity contribution in [1.29, 1.82) is 0 Å². The molecule has 0 radical (unpaired) electrons. The first-order chi connectivity index (χ1) is 9.11. The van der Waals surface area contributed by atoms with Gasteiger partial charge in [0.1, 0.15) is 0 Å². The van der Waals surface area contributed by atoms with Crippen molar-refractivity contribution >= 4 is 23.2 Å². The van der Waals surface area contributed by atoms with Gasteiger partial charge in [-0.15, -0.1) is 0 Å². The van der Waals surface area contributed by atoms with E-state index in [0.717, 1.165) is 5.56 Å². The molecule has 0 heterocycles. The van der Waals surface area contributed by atoms with Gasteiger partial charge >= 0.3 is 0 Å². The molecule has 110 valence electrons. The van der Waals surface area contributed by atoms with Crippen LogP contribution in [0, 0.1) is 12.3 Å². The Labute approximate surface area is 119 Å². The molecule has 2 amide bonds. The molecular weight excluding hydrogens is 254 g/mol. The molecule has 0 aromatic heterocycles. The number of hydrogen-bond donors (Lipinski definition) is 3. The van der Waals surface area contributed by atoms with Crippen molar-refractivity contribution in [1.82, 2.24) is 0 Å². The van der Waals surface area contributed by atoms with E-state index in [0.29, 0.717) is 11.4 Å². The van der Waals surface area contributed by atoms with Crippen molar-refractivity contribution in [3.05, 3.63) is 23.8 Å². The lowest BCUT2D eigenvalue weighted by atomic mass is 9.95. The number of anilines is 2. The molecule has 0 aliphatic carbocycles. The summed E-state index contributed by atoms with van der Waals surface area (Å²) in [6.07, 6.45) is 0. The molecule has 5 heteroatoms. The van der Waals surface area contributed by atoms with Gasteiger partial charge < -0.3 is 16.4 Å². The van der Waals surface area contributed by atoms with Crippen LogP contribution >= 0.6 is 0 Å². The van der Waals surface area contributed by atoms with Crippen LogP contribution in [-0.2, 0) is 9.59 Å². The maximum Gasteiger partial charge on any atom is 0.241 e. The molecule has 1 atom stereocenters. The zero-order chi connectivity index (χ0) is 15.5. The molecular formula is C15H23N3O2. The van der Waals surface area contributed by atoms with Gasteiger partial charge in [0.15, 0.2) is 0 Å². The van der Waals surface area contributed by atoms with E-state index in [4.69, 9.17) is 5.73 Å². The monoisotopic (exact) mass is 277 g/mol. The van der Waals surface area contributed by atoms with E-state index in [9.17, 15) is 9.59 Å². The van der Waals surface area contributed by atoms with E-state index in [2.05, 4.69) is 10.6 Å². The number of benzene rings is 1. The predicted molar refractivity (Wildman–Crippen MR) is 81.5 cm³/mol. The van der Waals surface area contributed by atoms with Crippen LogP contribution in [0.5, 0.6) is 0 Å². The number of hydrogen-bond acceptors (Lipinski definition) is 3. The van der Waals surface area contributed by atoms with Crippen LogP contribution < -0.4 is 16.4 Å². The molecule has 0 saturated heterocycles. The highest BCUT2D eigenvalue weighted by Gasteiger charge is 2.21. The number of carbonyl (C=O) groups is 2. The summed E-state index contributed by atoms with van der Waals surface area (Å²) in [5.74, 6) is -0.335. The number of rotatable bonds is 3. The number of nitrogens with one attached hydrogen (secondary N) is 2. The quantitative estimate of drug-likeness (QED) is 0.792. The number of amides is 2. The van der Waals surface area contributed by atoms with Gasteiger partial charge in [-0.25, -0.2) is 0 Å². The Morgan fingerprint density at radius 1 is 1.20 bits per heavy atom. The summed E-state index contributed by atoms with van der Waals surface area (Å²) in [6.45, 7) is 9.03. The zero-order valence-electron chi connectivity index (χ0n) is 12.7. The van der Waals surface area contributed by atoms with Crippen LogP contribution in [-0.4, -0.2) is 17.9 Å². The second-order valence-corrected chi connectivity index (χ2v) is 6.01. The molecule has 1 aromatic rings. The zero-order valence-corrected chi connectivity index (χ0v) is 12.7. The van der Waals surface area contributed by atoms with E-state index < -0.39 is 11.5 Å². The first kappa shape index (κ1) is 16.2. The third-order valence-electron chi connectivity index (χ3n) is 2.85. The van der Waals surface area contributed by atoms with Crippen LogP contribution in [0.25, 0.3) is 0 Å². The van der Waals surface area contributed by atoms with Crippen molar-refractivity contribution in [3.8, 4) is 0 Å². The first-order valence-corrected chi connectivity index (χ1v) is 6.60. The SMILES string of the molecule is Cc1ccc(NC(=O)C(C)(C)C)cc1NC(=O)[C@@H](C)N. The largest absolute Gasteiger partial charge is 0.326 e. The van der Waals surface area contributed by atoms with E-state index in [1.165, 1.54) is 0 Å². The Morgan fingerprint density at radius 3 is 2.30 bits per heavy atom. The van der Waals surface area contributed by atoms with Gasteiger partial charge in [0.25, 0.3) is 0 Å². The average Bonchev–Trinajstić information content (AvgIpc) is 2.31. The van der Waals surface area contributed by atoms with Gasteiger partial charge in [-0.05, 0) is 31.5 Å². The fourth-order valence-electron chi connectivity index (χ4n) is 1.40.